The van der Waals surface area contributed by atoms with Gasteiger partial charge in [0, 0.05) is 12.0 Å². The molecule has 1 heterocycles. The van der Waals surface area contributed by atoms with Gasteiger partial charge in [0.25, 0.3) is 0 Å². The van der Waals surface area contributed by atoms with Gasteiger partial charge >= 0.3 is 5.97 Å². The first kappa shape index (κ1) is 12.4. The summed E-state index contributed by atoms with van der Waals surface area (Å²) in [5.41, 5.74) is 1.71. The van der Waals surface area contributed by atoms with Gasteiger partial charge in [-0.05, 0) is 25.5 Å². The molecule has 1 aromatic carbocycles. The minimum atomic E-state index is -1.05. The monoisotopic (exact) mass is 249 g/mol. The van der Waals surface area contributed by atoms with Crippen LogP contribution >= 0.6 is 0 Å². The molecule has 0 aliphatic carbocycles. The van der Waals surface area contributed by atoms with Crippen LogP contribution in [0.1, 0.15) is 25.0 Å². The average Bonchev–Trinajstić information content (AvgIpc) is 2.58. The maximum Gasteiger partial charge on any atom is 0.344 e. The van der Waals surface area contributed by atoms with Crippen LogP contribution in [0.5, 0.6) is 5.75 Å². The number of benzene rings is 1. The van der Waals surface area contributed by atoms with Gasteiger partial charge in [0.1, 0.15) is 11.4 Å². The van der Waals surface area contributed by atoms with Crippen LogP contribution in [-0.4, -0.2) is 29.5 Å². The number of hydrogen-bond acceptors (Lipinski definition) is 4. The van der Waals surface area contributed by atoms with Crippen molar-refractivity contribution in [3.05, 3.63) is 29.3 Å². The topological polar surface area (TPSA) is 68.1 Å². The average molecular weight is 249 g/mol. The second kappa shape index (κ2) is 4.68. The second-order valence-electron chi connectivity index (χ2n) is 4.78. The van der Waals surface area contributed by atoms with Crippen molar-refractivity contribution in [2.24, 2.45) is 5.16 Å². The Morgan fingerprint density at radius 1 is 1.61 bits per heavy atom. The molecule has 1 N–H and O–H groups in total. The third-order valence-corrected chi connectivity index (χ3v) is 2.58. The van der Waals surface area contributed by atoms with Gasteiger partial charge < -0.3 is 14.7 Å². The molecule has 0 spiro atoms. The fourth-order valence-electron chi connectivity index (χ4n) is 1.93. The zero-order valence-corrected chi connectivity index (χ0v) is 10.3. The Labute approximate surface area is 105 Å². The Morgan fingerprint density at radius 2 is 2.39 bits per heavy atom. The normalized spacial score (nSPS) is 16.3. The van der Waals surface area contributed by atoms with Gasteiger partial charge in [-0.1, -0.05) is 17.3 Å². The number of carboxylic acid groups (broad SMARTS) is 1. The minimum Gasteiger partial charge on any atom is -0.487 e. The number of ether oxygens (including phenoxy) is 1. The van der Waals surface area contributed by atoms with E-state index >= 15 is 0 Å². The van der Waals surface area contributed by atoms with Crippen molar-refractivity contribution < 1.29 is 19.5 Å². The highest BCUT2D eigenvalue weighted by Crippen LogP contribution is 2.36. The molecular weight excluding hydrogens is 234 g/mol. The summed E-state index contributed by atoms with van der Waals surface area (Å²) in [5, 5.41) is 12.0. The summed E-state index contributed by atoms with van der Waals surface area (Å²) < 4.78 is 5.84. The summed E-state index contributed by atoms with van der Waals surface area (Å²) in [4.78, 5) is 14.9. The Bertz CT molecular complexity index is 494. The summed E-state index contributed by atoms with van der Waals surface area (Å²) >= 11 is 0. The molecule has 96 valence electrons. The van der Waals surface area contributed by atoms with E-state index in [1.54, 1.807) is 0 Å². The summed E-state index contributed by atoms with van der Waals surface area (Å²) in [6, 6.07) is 5.79. The van der Waals surface area contributed by atoms with Crippen molar-refractivity contribution in [3.63, 3.8) is 0 Å². The van der Waals surface area contributed by atoms with Crippen molar-refractivity contribution in [2.45, 2.75) is 25.9 Å². The maximum absolute atomic E-state index is 10.3. The van der Waals surface area contributed by atoms with E-state index in [1.807, 2.05) is 32.0 Å². The van der Waals surface area contributed by atoms with E-state index in [1.165, 1.54) is 6.21 Å². The summed E-state index contributed by atoms with van der Waals surface area (Å²) in [6.45, 7) is 3.60. The van der Waals surface area contributed by atoms with Crippen molar-refractivity contribution in [2.75, 3.05) is 6.61 Å². The van der Waals surface area contributed by atoms with Crippen LogP contribution in [0.25, 0.3) is 0 Å². The summed E-state index contributed by atoms with van der Waals surface area (Å²) in [5.74, 6) is -0.256. The fourth-order valence-corrected chi connectivity index (χ4v) is 1.93. The van der Waals surface area contributed by atoms with Crippen molar-refractivity contribution in [3.8, 4) is 5.75 Å². The van der Waals surface area contributed by atoms with E-state index in [9.17, 15) is 4.79 Å². The number of carboxylic acids is 1. The van der Waals surface area contributed by atoms with Crippen LogP contribution < -0.4 is 4.74 Å². The molecule has 0 aromatic heterocycles. The van der Waals surface area contributed by atoms with Crippen molar-refractivity contribution in [1.82, 2.24) is 0 Å². The largest absolute Gasteiger partial charge is 0.487 e. The lowest BCUT2D eigenvalue weighted by atomic mass is 10.0. The second-order valence-corrected chi connectivity index (χ2v) is 4.78. The molecule has 0 radical (unpaired) electrons. The Kier molecular flexibility index (Phi) is 3.23. The molecule has 0 amide bonds. The standard InChI is InChI=1S/C13H15NO4/c1-13(2)6-9-4-3-5-10(12(9)18-13)7-14-17-8-11(15)16/h3-5,7H,6,8H2,1-2H3,(H,15,16). The van der Waals surface area contributed by atoms with Gasteiger partial charge in [0.2, 0.25) is 6.61 Å². The first-order valence-corrected chi connectivity index (χ1v) is 5.66. The number of nitrogens with zero attached hydrogens (tertiary/aromatic N) is 1. The lowest BCUT2D eigenvalue weighted by Gasteiger charge is -2.17. The van der Waals surface area contributed by atoms with Crippen LogP contribution in [0.4, 0.5) is 0 Å². The van der Waals surface area contributed by atoms with Crippen molar-refractivity contribution >= 4 is 12.2 Å². The predicted molar refractivity (Wildman–Crippen MR) is 66.0 cm³/mol. The van der Waals surface area contributed by atoms with Gasteiger partial charge in [-0.2, -0.15) is 0 Å². The summed E-state index contributed by atoms with van der Waals surface area (Å²) in [6.07, 6.45) is 2.32. The molecule has 5 heteroatoms. The molecule has 5 nitrogen and oxygen atoms in total. The third kappa shape index (κ3) is 2.80. The first-order chi connectivity index (χ1) is 8.48. The number of carbonyl (C=O) groups is 1. The predicted octanol–water partition coefficient (Wildman–Crippen LogP) is 1.84. The molecular formula is C13H15NO4. The zero-order valence-electron chi connectivity index (χ0n) is 10.3. The number of para-hydroxylation sites is 1. The molecule has 1 aliphatic heterocycles. The molecule has 0 unspecified atom stereocenters. The molecule has 0 saturated carbocycles. The Morgan fingerprint density at radius 3 is 3.11 bits per heavy atom. The molecule has 0 atom stereocenters. The smallest absolute Gasteiger partial charge is 0.344 e. The molecule has 1 aromatic rings. The van der Waals surface area contributed by atoms with E-state index in [4.69, 9.17) is 9.84 Å². The SMILES string of the molecule is CC1(C)Cc2cccc(C=NOCC(=O)O)c2O1. The van der Waals surface area contributed by atoms with Crippen LogP contribution in [0.3, 0.4) is 0 Å². The quantitative estimate of drug-likeness (QED) is 0.653. The Hall–Kier alpha value is -2.04. The van der Waals surface area contributed by atoms with Crippen LogP contribution in [0.2, 0.25) is 0 Å². The van der Waals surface area contributed by atoms with E-state index < -0.39 is 12.6 Å². The van der Waals surface area contributed by atoms with Gasteiger partial charge in [0.05, 0.1) is 6.21 Å². The van der Waals surface area contributed by atoms with Gasteiger partial charge in [0.15, 0.2) is 0 Å². The minimum absolute atomic E-state index is 0.214. The third-order valence-electron chi connectivity index (χ3n) is 2.58. The lowest BCUT2D eigenvalue weighted by molar-refractivity contribution is -0.142. The summed E-state index contributed by atoms with van der Waals surface area (Å²) in [7, 11) is 0. The molecule has 18 heavy (non-hydrogen) atoms. The number of fused-ring (bicyclic) bond motifs is 1. The van der Waals surface area contributed by atoms with Gasteiger partial charge in [-0.15, -0.1) is 0 Å². The number of hydrogen-bond donors (Lipinski definition) is 1. The van der Waals surface area contributed by atoms with E-state index in [0.717, 1.165) is 23.3 Å². The highest BCUT2D eigenvalue weighted by Gasteiger charge is 2.31. The van der Waals surface area contributed by atoms with Gasteiger partial charge in [-0.25, -0.2) is 4.79 Å². The Balaban J connectivity index is 2.12. The molecule has 0 fully saturated rings. The lowest BCUT2D eigenvalue weighted by Crippen LogP contribution is -2.24. The number of rotatable bonds is 4. The maximum atomic E-state index is 10.3. The highest BCUT2D eigenvalue weighted by molar-refractivity contribution is 5.84. The molecule has 1 aliphatic rings. The number of aliphatic carboxylic acids is 1. The molecule has 0 saturated heterocycles. The highest BCUT2D eigenvalue weighted by atomic mass is 16.6. The van der Waals surface area contributed by atoms with Crippen molar-refractivity contribution in [1.29, 1.82) is 0 Å². The van der Waals surface area contributed by atoms with Gasteiger partial charge in [-0.3, -0.25) is 0 Å². The van der Waals surface area contributed by atoms with Crippen LogP contribution in [0.15, 0.2) is 23.4 Å². The van der Waals surface area contributed by atoms with E-state index in [2.05, 4.69) is 9.99 Å². The fraction of sp³-hybridized carbons (Fsp3) is 0.385. The molecule has 0 bridgehead atoms. The zero-order chi connectivity index (χ0) is 13.2. The van der Waals surface area contributed by atoms with E-state index in [-0.39, 0.29) is 5.60 Å². The first-order valence-electron chi connectivity index (χ1n) is 5.66. The molecule has 2 rings (SSSR count). The van der Waals surface area contributed by atoms with E-state index in [0.29, 0.717) is 0 Å². The number of oxime groups is 1. The van der Waals surface area contributed by atoms with Crippen LogP contribution in [0, 0.1) is 0 Å². The van der Waals surface area contributed by atoms with Crippen LogP contribution in [-0.2, 0) is 16.1 Å².